The molecule has 0 rings (SSSR count). The number of Topliss-reactive ketones (excluding diaryl/α,β-unsaturated/α-hetero) is 1. The van der Waals surface area contributed by atoms with E-state index in [1.807, 2.05) is 13.8 Å². The van der Waals surface area contributed by atoms with E-state index in [0.29, 0.717) is 6.42 Å². The molecule has 1 unspecified atom stereocenters. The molecule has 0 amide bonds. The Morgan fingerprint density at radius 3 is 2.04 bits per heavy atom. The molecule has 3 heteroatoms. The van der Waals surface area contributed by atoms with Crippen LogP contribution in [0.1, 0.15) is 104 Å². The third-order valence-electron chi connectivity index (χ3n) is 5.37. The van der Waals surface area contributed by atoms with Crippen molar-refractivity contribution >= 4 is 5.78 Å². The molecule has 0 fully saturated rings. The summed E-state index contributed by atoms with van der Waals surface area (Å²) in [5.74, 6) is 0.0852. The fourth-order valence-corrected chi connectivity index (χ4v) is 3.06. The summed E-state index contributed by atoms with van der Waals surface area (Å²) in [6.45, 7) is 6.25. The lowest BCUT2D eigenvalue weighted by atomic mass is 9.91. The molecule has 0 aliphatic heterocycles. The number of aliphatic hydroxyl groups is 1. The Bertz CT molecular complexity index is 403. The van der Waals surface area contributed by atoms with Crippen molar-refractivity contribution < 1.29 is 9.90 Å². The monoisotopic (exact) mass is 379 g/mol. The Kier molecular flexibility index (Phi) is 17.8. The second-order valence-electron chi connectivity index (χ2n) is 7.85. The SMILES string of the molecule is CCCCC/C=C\C/C=C\CCCCCCCC(=O)C(O)[C@@H](N)[C@@H](C)CC. The van der Waals surface area contributed by atoms with Crippen molar-refractivity contribution in [2.24, 2.45) is 11.7 Å². The molecule has 0 saturated heterocycles. The quantitative estimate of drug-likeness (QED) is 0.223. The third-order valence-corrected chi connectivity index (χ3v) is 5.37. The zero-order chi connectivity index (χ0) is 20.3. The highest BCUT2D eigenvalue weighted by molar-refractivity contribution is 5.83. The number of nitrogens with two attached hydrogens (primary N) is 1. The summed E-state index contributed by atoms with van der Waals surface area (Å²) in [4.78, 5) is 12.0. The van der Waals surface area contributed by atoms with Gasteiger partial charge in [-0.05, 0) is 44.4 Å². The molecule has 0 aliphatic carbocycles. The van der Waals surface area contributed by atoms with Crippen molar-refractivity contribution in [2.45, 2.75) is 116 Å². The van der Waals surface area contributed by atoms with Gasteiger partial charge in [-0.2, -0.15) is 0 Å². The van der Waals surface area contributed by atoms with Crippen LogP contribution in [-0.2, 0) is 4.79 Å². The number of rotatable bonds is 18. The van der Waals surface area contributed by atoms with Crippen LogP contribution in [0, 0.1) is 5.92 Å². The molecule has 0 aromatic rings. The van der Waals surface area contributed by atoms with Gasteiger partial charge in [-0.25, -0.2) is 0 Å². The molecule has 0 aromatic carbocycles. The summed E-state index contributed by atoms with van der Waals surface area (Å²) in [5.41, 5.74) is 5.95. The van der Waals surface area contributed by atoms with E-state index in [1.165, 1.54) is 38.5 Å². The normalized spacial score (nSPS) is 15.4. The van der Waals surface area contributed by atoms with Crippen molar-refractivity contribution in [3.63, 3.8) is 0 Å². The van der Waals surface area contributed by atoms with Gasteiger partial charge in [-0.3, -0.25) is 4.79 Å². The Balaban J connectivity index is 3.54. The van der Waals surface area contributed by atoms with Crippen molar-refractivity contribution in [3.8, 4) is 0 Å². The Hall–Kier alpha value is -0.930. The van der Waals surface area contributed by atoms with Crippen LogP contribution in [0.2, 0.25) is 0 Å². The molecular weight excluding hydrogens is 334 g/mol. The molecule has 0 saturated carbocycles. The topological polar surface area (TPSA) is 63.3 Å². The lowest BCUT2D eigenvalue weighted by Crippen LogP contribution is -2.44. The minimum absolute atomic E-state index is 0.0894. The number of allylic oxidation sites excluding steroid dienone is 4. The maximum Gasteiger partial charge on any atom is 0.162 e. The molecule has 3 atom stereocenters. The van der Waals surface area contributed by atoms with Crippen LogP contribution in [0.4, 0.5) is 0 Å². The summed E-state index contributed by atoms with van der Waals surface area (Å²) in [7, 11) is 0. The summed E-state index contributed by atoms with van der Waals surface area (Å²) < 4.78 is 0. The standard InChI is InChI=1S/C24H45NO2/c1-4-6-7-8-9-10-11-12-13-14-15-16-17-18-19-20-22(26)24(27)23(25)21(3)5-2/h9-10,12-13,21,23-24,27H,4-8,11,14-20,25H2,1-3H3/b10-9-,13-12-/t21-,23-,24?/m0/s1. The second kappa shape index (κ2) is 18.4. The number of unbranched alkanes of at least 4 members (excludes halogenated alkanes) is 8. The van der Waals surface area contributed by atoms with E-state index in [0.717, 1.165) is 38.5 Å². The first kappa shape index (κ1) is 26.1. The first-order valence-electron chi connectivity index (χ1n) is 11.3. The molecule has 0 heterocycles. The fourth-order valence-electron chi connectivity index (χ4n) is 3.06. The summed E-state index contributed by atoms with van der Waals surface area (Å²) in [5, 5.41) is 10.0. The molecule has 0 bridgehead atoms. The van der Waals surface area contributed by atoms with Crippen LogP contribution in [0.15, 0.2) is 24.3 Å². The number of hydrogen-bond donors (Lipinski definition) is 2. The van der Waals surface area contributed by atoms with Crippen molar-refractivity contribution in [2.75, 3.05) is 0 Å². The summed E-state index contributed by atoms with van der Waals surface area (Å²) in [6.07, 6.45) is 22.3. The largest absolute Gasteiger partial charge is 0.384 e. The van der Waals surface area contributed by atoms with Gasteiger partial charge in [-0.1, -0.05) is 83.6 Å². The van der Waals surface area contributed by atoms with Crippen molar-refractivity contribution in [1.82, 2.24) is 0 Å². The molecule has 0 spiro atoms. The van der Waals surface area contributed by atoms with Gasteiger partial charge in [-0.15, -0.1) is 0 Å². The Morgan fingerprint density at radius 1 is 0.889 bits per heavy atom. The first-order valence-corrected chi connectivity index (χ1v) is 11.3. The maximum absolute atomic E-state index is 12.0. The number of hydrogen-bond acceptors (Lipinski definition) is 3. The predicted molar refractivity (Wildman–Crippen MR) is 118 cm³/mol. The average Bonchev–Trinajstić information content (AvgIpc) is 2.68. The molecular formula is C24H45NO2. The smallest absolute Gasteiger partial charge is 0.162 e. The van der Waals surface area contributed by atoms with E-state index in [1.54, 1.807) is 0 Å². The van der Waals surface area contributed by atoms with Crippen molar-refractivity contribution in [3.05, 3.63) is 24.3 Å². The van der Waals surface area contributed by atoms with Gasteiger partial charge in [0.15, 0.2) is 5.78 Å². The van der Waals surface area contributed by atoms with Gasteiger partial charge >= 0.3 is 0 Å². The predicted octanol–water partition coefficient (Wildman–Crippen LogP) is 6.10. The number of aliphatic hydroxyl groups excluding tert-OH is 1. The Morgan fingerprint density at radius 2 is 1.44 bits per heavy atom. The van der Waals surface area contributed by atoms with Crippen LogP contribution in [0.3, 0.4) is 0 Å². The van der Waals surface area contributed by atoms with Gasteiger partial charge in [0.1, 0.15) is 6.10 Å². The average molecular weight is 380 g/mol. The summed E-state index contributed by atoms with van der Waals surface area (Å²) >= 11 is 0. The minimum Gasteiger partial charge on any atom is -0.384 e. The van der Waals surface area contributed by atoms with Crippen LogP contribution in [0.5, 0.6) is 0 Å². The maximum atomic E-state index is 12.0. The zero-order valence-corrected chi connectivity index (χ0v) is 18.2. The van der Waals surface area contributed by atoms with Crippen LogP contribution >= 0.6 is 0 Å². The molecule has 3 N–H and O–H groups in total. The Labute approximate surface area is 168 Å². The van der Waals surface area contributed by atoms with Gasteiger partial charge < -0.3 is 10.8 Å². The highest BCUT2D eigenvalue weighted by Crippen LogP contribution is 2.13. The van der Waals surface area contributed by atoms with E-state index in [4.69, 9.17) is 5.73 Å². The molecule has 0 aliphatic rings. The number of carbonyl (C=O) groups is 1. The lowest BCUT2D eigenvalue weighted by Gasteiger charge is -2.23. The van der Waals surface area contributed by atoms with E-state index < -0.39 is 12.1 Å². The second-order valence-corrected chi connectivity index (χ2v) is 7.85. The molecule has 0 radical (unpaired) electrons. The number of ketones is 1. The van der Waals surface area contributed by atoms with Gasteiger partial charge in [0, 0.05) is 12.5 Å². The number of carbonyl (C=O) groups excluding carboxylic acids is 1. The van der Waals surface area contributed by atoms with E-state index in [9.17, 15) is 9.90 Å². The molecule has 0 aromatic heterocycles. The van der Waals surface area contributed by atoms with Crippen LogP contribution in [0.25, 0.3) is 0 Å². The van der Waals surface area contributed by atoms with E-state index in [2.05, 4.69) is 31.2 Å². The highest BCUT2D eigenvalue weighted by Gasteiger charge is 2.25. The van der Waals surface area contributed by atoms with E-state index >= 15 is 0 Å². The van der Waals surface area contributed by atoms with Gasteiger partial charge in [0.05, 0.1) is 0 Å². The third kappa shape index (κ3) is 14.8. The van der Waals surface area contributed by atoms with Crippen LogP contribution < -0.4 is 5.73 Å². The van der Waals surface area contributed by atoms with Gasteiger partial charge in [0.2, 0.25) is 0 Å². The molecule has 158 valence electrons. The van der Waals surface area contributed by atoms with Gasteiger partial charge in [0.25, 0.3) is 0 Å². The highest BCUT2D eigenvalue weighted by atomic mass is 16.3. The molecule has 3 nitrogen and oxygen atoms in total. The van der Waals surface area contributed by atoms with E-state index in [-0.39, 0.29) is 11.7 Å². The lowest BCUT2D eigenvalue weighted by molar-refractivity contribution is -0.128. The zero-order valence-electron chi connectivity index (χ0n) is 18.2. The first-order chi connectivity index (χ1) is 13.0. The minimum atomic E-state index is -0.995. The summed E-state index contributed by atoms with van der Waals surface area (Å²) in [6, 6.07) is -0.430. The van der Waals surface area contributed by atoms with Crippen LogP contribution in [-0.4, -0.2) is 23.0 Å². The fraction of sp³-hybridized carbons (Fsp3) is 0.792. The van der Waals surface area contributed by atoms with Crippen molar-refractivity contribution in [1.29, 1.82) is 0 Å². The molecule has 27 heavy (non-hydrogen) atoms.